The third-order valence-corrected chi connectivity index (χ3v) is 2.46. The molecular weight excluding hydrogens is 178 g/mol. The smallest absolute Gasteiger partial charge is 0.320 e. The molecule has 1 saturated carbocycles. The molecular formula is C11H23NO2. The van der Waals surface area contributed by atoms with Gasteiger partial charge in [0.15, 0.2) is 0 Å². The van der Waals surface area contributed by atoms with E-state index < -0.39 is 12.0 Å². The standard InChI is InChI=1S/C9H17NO2.C2H6/c1-7(9(11)12)10-8-5-3-2-4-6-8;1-2/h7-8,10H,2-6H2,1H3,(H,11,12);1-2H3. The van der Waals surface area contributed by atoms with E-state index in [4.69, 9.17) is 5.11 Å². The molecule has 1 unspecified atom stereocenters. The van der Waals surface area contributed by atoms with Crippen LogP contribution < -0.4 is 5.32 Å². The number of hydrogen-bond donors (Lipinski definition) is 2. The summed E-state index contributed by atoms with van der Waals surface area (Å²) >= 11 is 0. The van der Waals surface area contributed by atoms with E-state index in [1.54, 1.807) is 6.92 Å². The second kappa shape index (κ2) is 7.80. The first-order valence-corrected chi connectivity index (χ1v) is 5.69. The molecule has 0 aromatic carbocycles. The van der Waals surface area contributed by atoms with Crippen LogP contribution in [-0.4, -0.2) is 23.2 Å². The number of carboxylic acid groups (broad SMARTS) is 1. The van der Waals surface area contributed by atoms with Crippen LogP contribution in [0.1, 0.15) is 52.9 Å². The lowest BCUT2D eigenvalue weighted by Crippen LogP contribution is -2.42. The molecule has 0 radical (unpaired) electrons. The van der Waals surface area contributed by atoms with E-state index in [-0.39, 0.29) is 0 Å². The molecule has 0 aromatic heterocycles. The van der Waals surface area contributed by atoms with Crippen LogP contribution in [0.25, 0.3) is 0 Å². The minimum Gasteiger partial charge on any atom is -0.480 e. The van der Waals surface area contributed by atoms with E-state index in [0.29, 0.717) is 6.04 Å². The van der Waals surface area contributed by atoms with Gasteiger partial charge in [0.25, 0.3) is 0 Å². The molecule has 1 aliphatic rings. The fourth-order valence-electron chi connectivity index (χ4n) is 1.69. The molecule has 0 saturated heterocycles. The van der Waals surface area contributed by atoms with Gasteiger partial charge in [-0.1, -0.05) is 33.1 Å². The molecule has 3 heteroatoms. The van der Waals surface area contributed by atoms with E-state index in [9.17, 15) is 4.79 Å². The normalized spacial score (nSPS) is 19.4. The molecule has 3 nitrogen and oxygen atoms in total. The summed E-state index contributed by atoms with van der Waals surface area (Å²) in [6.07, 6.45) is 6.06. The highest BCUT2D eigenvalue weighted by Crippen LogP contribution is 2.17. The molecule has 1 fully saturated rings. The summed E-state index contributed by atoms with van der Waals surface area (Å²) in [6, 6.07) is 0.0398. The number of aliphatic carboxylic acids is 1. The Morgan fingerprint density at radius 2 is 1.79 bits per heavy atom. The van der Waals surface area contributed by atoms with Gasteiger partial charge in [-0.05, 0) is 19.8 Å². The minimum atomic E-state index is -0.749. The number of rotatable bonds is 3. The van der Waals surface area contributed by atoms with Crippen LogP contribution in [0.4, 0.5) is 0 Å². The largest absolute Gasteiger partial charge is 0.480 e. The lowest BCUT2D eigenvalue weighted by atomic mass is 9.95. The maximum atomic E-state index is 10.5. The van der Waals surface area contributed by atoms with Crippen molar-refractivity contribution in [2.45, 2.75) is 65.0 Å². The second-order valence-electron chi connectivity index (χ2n) is 3.56. The highest BCUT2D eigenvalue weighted by Gasteiger charge is 2.18. The molecule has 0 aliphatic heterocycles. The van der Waals surface area contributed by atoms with Gasteiger partial charge in [0.2, 0.25) is 0 Å². The van der Waals surface area contributed by atoms with Crippen molar-refractivity contribution in [3.8, 4) is 0 Å². The van der Waals surface area contributed by atoms with Crippen LogP contribution in [0.15, 0.2) is 0 Å². The molecule has 1 atom stereocenters. The Morgan fingerprint density at radius 1 is 1.29 bits per heavy atom. The van der Waals surface area contributed by atoms with Crippen LogP contribution in [0, 0.1) is 0 Å². The molecule has 0 spiro atoms. The summed E-state index contributed by atoms with van der Waals surface area (Å²) in [7, 11) is 0. The Balaban J connectivity index is 0.000000791. The molecule has 14 heavy (non-hydrogen) atoms. The van der Waals surface area contributed by atoms with Gasteiger partial charge in [-0.25, -0.2) is 0 Å². The van der Waals surface area contributed by atoms with Crippen LogP contribution in [-0.2, 0) is 4.79 Å². The fraction of sp³-hybridized carbons (Fsp3) is 0.909. The zero-order chi connectivity index (χ0) is 11.0. The summed E-state index contributed by atoms with van der Waals surface area (Å²) in [5, 5.41) is 11.8. The van der Waals surface area contributed by atoms with Crippen molar-refractivity contribution in [1.29, 1.82) is 0 Å². The van der Waals surface area contributed by atoms with E-state index in [2.05, 4.69) is 5.32 Å². The van der Waals surface area contributed by atoms with E-state index in [1.165, 1.54) is 19.3 Å². The first-order valence-electron chi connectivity index (χ1n) is 5.69. The monoisotopic (exact) mass is 201 g/mol. The molecule has 0 bridgehead atoms. The van der Waals surface area contributed by atoms with Crippen LogP contribution in [0.2, 0.25) is 0 Å². The van der Waals surface area contributed by atoms with Crippen molar-refractivity contribution < 1.29 is 9.90 Å². The van der Waals surface area contributed by atoms with Crippen molar-refractivity contribution in [3.63, 3.8) is 0 Å². The van der Waals surface area contributed by atoms with Crippen molar-refractivity contribution in [1.82, 2.24) is 5.32 Å². The van der Waals surface area contributed by atoms with E-state index in [1.807, 2.05) is 13.8 Å². The van der Waals surface area contributed by atoms with Crippen molar-refractivity contribution in [2.75, 3.05) is 0 Å². The Bertz CT molecular complexity index is 153. The summed E-state index contributed by atoms with van der Waals surface area (Å²) < 4.78 is 0. The van der Waals surface area contributed by atoms with Crippen molar-refractivity contribution >= 4 is 5.97 Å². The summed E-state index contributed by atoms with van der Waals surface area (Å²) in [6.45, 7) is 5.71. The van der Waals surface area contributed by atoms with Gasteiger partial charge in [0.05, 0.1) is 0 Å². The predicted molar refractivity (Wildman–Crippen MR) is 58.5 cm³/mol. The van der Waals surface area contributed by atoms with Crippen molar-refractivity contribution in [2.24, 2.45) is 0 Å². The molecule has 0 amide bonds. The van der Waals surface area contributed by atoms with Crippen LogP contribution >= 0.6 is 0 Å². The molecule has 0 aromatic rings. The number of carbonyl (C=O) groups is 1. The molecule has 2 N–H and O–H groups in total. The predicted octanol–water partition coefficient (Wildman–Crippen LogP) is 2.41. The molecule has 1 aliphatic carbocycles. The molecule has 0 heterocycles. The first-order chi connectivity index (χ1) is 6.70. The van der Waals surface area contributed by atoms with Crippen molar-refractivity contribution in [3.05, 3.63) is 0 Å². The second-order valence-corrected chi connectivity index (χ2v) is 3.56. The van der Waals surface area contributed by atoms with E-state index >= 15 is 0 Å². The highest BCUT2D eigenvalue weighted by molar-refractivity contribution is 5.72. The summed E-state index contributed by atoms with van der Waals surface area (Å²) in [4.78, 5) is 10.5. The van der Waals surface area contributed by atoms with E-state index in [0.717, 1.165) is 12.8 Å². The zero-order valence-electron chi connectivity index (χ0n) is 9.55. The SMILES string of the molecule is CC.CC(NC1CCCCC1)C(=O)O. The van der Waals surface area contributed by atoms with Gasteiger partial charge < -0.3 is 10.4 Å². The summed E-state index contributed by atoms with van der Waals surface area (Å²) in [5.74, 6) is -0.749. The third-order valence-electron chi connectivity index (χ3n) is 2.46. The average molecular weight is 201 g/mol. The fourth-order valence-corrected chi connectivity index (χ4v) is 1.69. The molecule has 1 rings (SSSR count). The van der Waals surface area contributed by atoms with Gasteiger partial charge in [-0.2, -0.15) is 0 Å². The van der Waals surface area contributed by atoms with Gasteiger partial charge in [0, 0.05) is 6.04 Å². The summed E-state index contributed by atoms with van der Waals surface area (Å²) in [5.41, 5.74) is 0. The zero-order valence-corrected chi connectivity index (χ0v) is 9.55. The van der Waals surface area contributed by atoms with Gasteiger partial charge in [-0.15, -0.1) is 0 Å². The number of hydrogen-bond acceptors (Lipinski definition) is 2. The van der Waals surface area contributed by atoms with Crippen LogP contribution in [0.3, 0.4) is 0 Å². The first kappa shape index (κ1) is 13.4. The Labute approximate surface area is 86.9 Å². The number of carboxylic acids is 1. The lowest BCUT2D eigenvalue weighted by molar-refractivity contribution is -0.139. The lowest BCUT2D eigenvalue weighted by Gasteiger charge is -2.24. The number of nitrogens with one attached hydrogen (secondary N) is 1. The highest BCUT2D eigenvalue weighted by atomic mass is 16.4. The topological polar surface area (TPSA) is 49.3 Å². The van der Waals surface area contributed by atoms with Gasteiger partial charge >= 0.3 is 5.97 Å². The Morgan fingerprint density at radius 3 is 2.21 bits per heavy atom. The Hall–Kier alpha value is -0.570. The van der Waals surface area contributed by atoms with Gasteiger partial charge in [0.1, 0.15) is 6.04 Å². The third kappa shape index (κ3) is 5.22. The maximum absolute atomic E-state index is 10.5. The van der Waals surface area contributed by atoms with Crippen LogP contribution in [0.5, 0.6) is 0 Å². The molecule has 84 valence electrons. The quantitative estimate of drug-likeness (QED) is 0.737. The maximum Gasteiger partial charge on any atom is 0.320 e. The minimum absolute atomic E-state index is 0.395. The average Bonchev–Trinajstić information content (AvgIpc) is 2.22. The Kier molecular flexibility index (Phi) is 7.48. The van der Waals surface area contributed by atoms with Gasteiger partial charge in [-0.3, -0.25) is 4.79 Å².